The first-order valence-electron chi connectivity index (χ1n) is 4.95. The van der Waals surface area contributed by atoms with Gasteiger partial charge in [-0.05, 0) is 13.0 Å². The maximum atomic E-state index is 13.3. The van der Waals surface area contributed by atoms with Gasteiger partial charge >= 0.3 is 0 Å². The summed E-state index contributed by atoms with van der Waals surface area (Å²) < 4.78 is 13.3. The van der Waals surface area contributed by atoms with Crippen LogP contribution in [0.1, 0.15) is 17.3 Å². The van der Waals surface area contributed by atoms with Crippen molar-refractivity contribution in [1.82, 2.24) is 5.32 Å². The molecule has 0 radical (unpaired) electrons. The molecule has 1 aromatic rings. The second-order valence-corrected chi connectivity index (χ2v) is 3.22. The van der Waals surface area contributed by atoms with Crippen molar-refractivity contribution in [2.75, 3.05) is 18.9 Å². The third kappa shape index (κ3) is 2.68. The standard InChI is InChI=1S/C10H12FN3O3/c1-3-13-10(15)6-4-8(12-2)7(11)5-9(6)14(16)17/h4-5,12H,3H2,1-2H3,(H,13,15). The van der Waals surface area contributed by atoms with Crippen LogP contribution in [0.4, 0.5) is 15.8 Å². The predicted octanol–water partition coefficient (Wildman–Crippen LogP) is 1.53. The van der Waals surface area contributed by atoms with Crippen molar-refractivity contribution in [2.24, 2.45) is 0 Å². The van der Waals surface area contributed by atoms with E-state index in [2.05, 4.69) is 10.6 Å². The molecule has 17 heavy (non-hydrogen) atoms. The van der Waals surface area contributed by atoms with Gasteiger partial charge in [0.05, 0.1) is 16.7 Å². The van der Waals surface area contributed by atoms with Crippen LogP contribution in [0, 0.1) is 15.9 Å². The van der Waals surface area contributed by atoms with Gasteiger partial charge in [0.15, 0.2) is 5.82 Å². The van der Waals surface area contributed by atoms with Gasteiger partial charge in [0.2, 0.25) is 0 Å². The van der Waals surface area contributed by atoms with Gasteiger partial charge in [-0.15, -0.1) is 0 Å². The molecule has 0 saturated carbocycles. The number of anilines is 1. The molecule has 6 nitrogen and oxygen atoms in total. The van der Waals surface area contributed by atoms with Crippen LogP contribution in [-0.4, -0.2) is 24.4 Å². The van der Waals surface area contributed by atoms with Crippen LogP contribution in [0.3, 0.4) is 0 Å². The molecular weight excluding hydrogens is 229 g/mol. The maximum Gasteiger partial charge on any atom is 0.285 e. The topological polar surface area (TPSA) is 84.3 Å². The van der Waals surface area contributed by atoms with Gasteiger partial charge in [-0.3, -0.25) is 14.9 Å². The second-order valence-electron chi connectivity index (χ2n) is 3.22. The zero-order valence-corrected chi connectivity index (χ0v) is 9.41. The second kappa shape index (κ2) is 5.24. The fourth-order valence-corrected chi connectivity index (χ4v) is 1.34. The fraction of sp³-hybridized carbons (Fsp3) is 0.300. The molecule has 92 valence electrons. The number of carbonyl (C=O) groups excluding carboxylic acids is 1. The highest BCUT2D eigenvalue weighted by Gasteiger charge is 2.22. The normalized spacial score (nSPS) is 9.82. The molecule has 0 fully saturated rings. The van der Waals surface area contributed by atoms with Crippen molar-refractivity contribution < 1.29 is 14.1 Å². The van der Waals surface area contributed by atoms with Gasteiger partial charge < -0.3 is 10.6 Å². The Labute approximate surface area is 97.0 Å². The van der Waals surface area contributed by atoms with Crippen LogP contribution in [-0.2, 0) is 0 Å². The SMILES string of the molecule is CCNC(=O)c1cc(NC)c(F)cc1[N+](=O)[O-]. The van der Waals surface area contributed by atoms with E-state index in [-0.39, 0.29) is 11.3 Å². The summed E-state index contributed by atoms with van der Waals surface area (Å²) in [6.07, 6.45) is 0. The van der Waals surface area contributed by atoms with Crippen molar-refractivity contribution >= 4 is 17.3 Å². The number of nitro groups is 1. The van der Waals surface area contributed by atoms with Crippen LogP contribution < -0.4 is 10.6 Å². The van der Waals surface area contributed by atoms with Gasteiger partial charge in [0, 0.05) is 13.6 Å². The molecule has 1 rings (SSSR count). The molecule has 1 amide bonds. The molecule has 7 heteroatoms. The Balaban J connectivity index is 3.33. The molecule has 2 N–H and O–H groups in total. The minimum atomic E-state index is -0.785. The van der Waals surface area contributed by atoms with E-state index < -0.39 is 22.3 Å². The summed E-state index contributed by atoms with van der Waals surface area (Å²) in [6, 6.07) is 1.86. The molecule has 0 heterocycles. The van der Waals surface area contributed by atoms with Crippen LogP contribution in [0.15, 0.2) is 12.1 Å². The van der Waals surface area contributed by atoms with Crippen LogP contribution in [0.25, 0.3) is 0 Å². The van der Waals surface area contributed by atoms with Crippen molar-refractivity contribution in [3.05, 3.63) is 33.6 Å². The average Bonchev–Trinajstić information content (AvgIpc) is 2.28. The number of carbonyl (C=O) groups is 1. The lowest BCUT2D eigenvalue weighted by molar-refractivity contribution is -0.385. The highest BCUT2D eigenvalue weighted by Crippen LogP contribution is 2.25. The summed E-state index contributed by atoms with van der Waals surface area (Å²) in [5.74, 6) is -1.37. The fourth-order valence-electron chi connectivity index (χ4n) is 1.34. The lowest BCUT2D eigenvalue weighted by Crippen LogP contribution is -2.23. The minimum Gasteiger partial charge on any atom is -0.386 e. The Hall–Kier alpha value is -2.18. The first-order chi connectivity index (χ1) is 8.01. The average molecular weight is 241 g/mol. The number of hydrogen-bond acceptors (Lipinski definition) is 4. The molecule has 1 aromatic carbocycles. The summed E-state index contributed by atoms with van der Waals surface area (Å²) in [6.45, 7) is 2.02. The largest absolute Gasteiger partial charge is 0.386 e. The van der Waals surface area contributed by atoms with Crippen LogP contribution in [0.5, 0.6) is 0 Å². The number of hydrogen-bond donors (Lipinski definition) is 2. The van der Waals surface area contributed by atoms with E-state index in [1.54, 1.807) is 6.92 Å². The number of rotatable bonds is 4. The zero-order chi connectivity index (χ0) is 13.0. The molecule has 0 unspecified atom stereocenters. The van der Waals surface area contributed by atoms with Crippen molar-refractivity contribution in [1.29, 1.82) is 0 Å². The Morgan fingerprint density at radius 1 is 1.53 bits per heavy atom. The van der Waals surface area contributed by atoms with Gasteiger partial charge in [0.25, 0.3) is 11.6 Å². The monoisotopic (exact) mass is 241 g/mol. The molecule has 0 spiro atoms. The molecular formula is C10H12FN3O3. The molecule has 0 aliphatic rings. The number of halogens is 1. The molecule has 0 bridgehead atoms. The molecule has 0 aliphatic heterocycles. The summed E-state index contributed by atoms with van der Waals surface area (Å²) in [5.41, 5.74) is -0.674. The number of amides is 1. The molecule has 0 aromatic heterocycles. The van der Waals surface area contributed by atoms with Crippen LogP contribution in [0.2, 0.25) is 0 Å². The maximum absolute atomic E-state index is 13.3. The van der Waals surface area contributed by atoms with Gasteiger partial charge in [0.1, 0.15) is 5.56 Å². The lowest BCUT2D eigenvalue weighted by Gasteiger charge is -2.07. The number of nitrogens with zero attached hydrogens (tertiary/aromatic N) is 1. The van der Waals surface area contributed by atoms with E-state index in [9.17, 15) is 19.3 Å². The Morgan fingerprint density at radius 3 is 2.65 bits per heavy atom. The first kappa shape index (κ1) is 12.9. The van der Waals surface area contributed by atoms with E-state index in [1.807, 2.05) is 0 Å². The Bertz CT molecular complexity index is 462. The van der Waals surface area contributed by atoms with Crippen LogP contribution >= 0.6 is 0 Å². The summed E-state index contributed by atoms with van der Waals surface area (Å²) in [5, 5.41) is 15.7. The summed E-state index contributed by atoms with van der Waals surface area (Å²) in [4.78, 5) is 21.5. The van der Waals surface area contributed by atoms with E-state index in [4.69, 9.17) is 0 Å². The Morgan fingerprint density at radius 2 is 2.18 bits per heavy atom. The highest BCUT2D eigenvalue weighted by atomic mass is 19.1. The zero-order valence-electron chi connectivity index (χ0n) is 9.41. The first-order valence-corrected chi connectivity index (χ1v) is 4.95. The van der Waals surface area contributed by atoms with Gasteiger partial charge in [-0.25, -0.2) is 4.39 Å². The van der Waals surface area contributed by atoms with Gasteiger partial charge in [-0.2, -0.15) is 0 Å². The third-order valence-electron chi connectivity index (χ3n) is 2.13. The van der Waals surface area contributed by atoms with E-state index in [0.29, 0.717) is 6.54 Å². The molecule has 0 aliphatic carbocycles. The summed E-state index contributed by atoms with van der Waals surface area (Å²) >= 11 is 0. The number of benzene rings is 1. The van der Waals surface area contributed by atoms with E-state index in [0.717, 1.165) is 12.1 Å². The number of nitro benzene ring substituents is 1. The predicted molar refractivity (Wildman–Crippen MR) is 60.6 cm³/mol. The third-order valence-corrected chi connectivity index (χ3v) is 2.13. The van der Waals surface area contributed by atoms with Gasteiger partial charge in [-0.1, -0.05) is 0 Å². The van der Waals surface area contributed by atoms with Crippen molar-refractivity contribution in [3.63, 3.8) is 0 Å². The smallest absolute Gasteiger partial charge is 0.285 e. The molecule has 0 saturated heterocycles. The lowest BCUT2D eigenvalue weighted by atomic mass is 10.1. The summed E-state index contributed by atoms with van der Waals surface area (Å²) in [7, 11) is 1.46. The Kier molecular flexibility index (Phi) is 3.97. The highest BCUT2D eigenvalue weighted by molar-refractivity contribution is 5.99. The van der Waals surface area contributed by atoms with E-state index in [1.165, 1.54) is 7.05 Å². The number of nitrogens with one attached hydrogen (secondary N) is 2. The minimum absolute atomic E-state index is 0.0388. The van der Waals surface area contributed by atoms with E-state index >= 15 is 0 Å². The van der Waals surface area contributed by atoms with Crippen molar-refractivity contribution in [3.8, 4) is 0 Å². The van der Waals surface area contributed by atoms with Crippen molar-refractivity contribution in [2.45, 2.75) is 6.92 Å². The quantitative estimate of drug-likeness (QED) is 0.618. The molecule has 0 atom stereocenters.